The molecule has 8 rings (SSSR count). The molecule has 23 N–H and O–H groups in total. The number of piperidine rings is 2. The summed E-state index contributed by atoms with van der Waals surface area (Å²) in [5, 5.41) is 257. The highest BCUT2D eigenvalue weighted by Crippen LogP contribution is 2.62. The number of likely N-dealkylation sites (tertiary alicyclic amines) is 2. The Bertz CT molecular complexity index is 3090. The molecule has 0 spiro atoms. The number of phenols is 8. The molecule has 438 valence electrons. The molecule has 2 aliphatic carbocycles. The molecule has 2 atom stereocenters. The highest BCUT2D eigenvalue weighted by Gasteiger charge is 2.85. The molecule has 2 heterocycles. The predicted molar refractivity (Wildman–Crippen MR) is 252 cm³/mol. The minimum Gasteiger partial charge on any atom is -0.504 e. The standard InChI is InChI=1S/C48H56N2O30/c1-76-37-28(53)21-23(32(57)38(37)77-2)42(62,63)19(26(21)51)13-17-9-11-49(12-10-17)44(66,67)25-30(55)34(59)36(35(60)31(25)56)79-16-80-40-29(54)22-24(33(58)39(40)78-3)43(64,65)20(27(22)52)14-41(61)45(68,69)47(72,73)50(48(74,75)46(41,70)71)15-18-7-5-4-6-8-18/h4-8,17,19-20,53-75H,9-16H2,1-3H3. The number of benzene rings is 4. The maximum atomic E-state index is 14.1. The Morgan fingerprint density at radius 1 is 0.537 bits per heavy atom. The van der Waals surface area contributed by atoms with Crippen molar-refractivity contribution in [1.82, 2.24) is 9.80 Å². The summed E-state index contributed by atoms with van der Waals surface area (Å²) in [6, 6.07) is 6.60. The van der Waals surface area contributed by atoms with Gasteiger partial charge in [-0.2, -0.15) is 4.90 Å². The maximum Gasteiger partial charge on any atom is 0.289 e. The Morgan fingerprint density at radius 2 is 0.950 bits per heavy atom. The van der Waals surface area contributed by atoms with Gasteiger partial charge in [-0.1, -0.05) is 30.3 Å². The summed E-state index contributed by atoms with van der Waals surface area (Å²) in [6.07, 6.45) is -2.70. The molecule has 32 nitrogen and oxygen atoms in total. The molecular formula is C48H56N2O30. The number of ketones is 2. The monoisotopic (exact) mass is 1140 g/mol. The Kier molecular flexibility index (Phi) is 14.3. The van der Waals surface area contributed by atoms with E-state index < -0.39 is 203 Å². The number of fused-ring (bicyclic) bond motifs is 2. The van der Waals surface area contributed by atoms with Crippen LogP contribution in [0.3, 0.4) is 0 Å². The molecule has 0 amide bonds. The third-order valence-corrected chi connectivity index (χ3v) is 15.4. The zero-order chi connectivity index (χ0) is 59.7. The summed E-state index contributed by atoms with van der Waals surface area (Å²) in [5.74, 6) is -52.9. The quantitative estimate of drug-likeness (QED) is 0.0301. The van der Waals surface area contributed by atoms with Crippen molar-refractivity contribution >= 4 is 11.6 Å². The number of ether oxygens (including phenoxy) is 5. The molecule has 2 fully saturated rings. The van der Waals surface area contributed by atoms with Gasteiger partial charge in [0.15, 0.2) is 51.7 Å². The van der Waals surface area contributed by atoms with Gasteiger partial charge in [0.1, 0.15) is 5.56 Å². The lowest BCUT2D eigenvalue weighted by molar-refractivity contribution is -0.598. The molecule has 0 bridgehead atoms. The number of aromatic hydroxyl groups is 8. The number of rotatable bonds is 15. The molecule has 32 heteroatoms. The lowest BCUT2D eigenvalue weighted by atomic mass is 9.68. The first-order chi connectivity index (χ1) is 36.9. The van der Waals surface area contributed by atoms with Crippen LogP contribution in [0.5, 0.6) is 74.7 Å². The molecule has 4 aromatic rings. The molecule has 0 aromatic heterocycles. The Morgan fingerprint density at radius 3 is 1.43 bits per heavy atom. The van der Waals surface area contributed by atoms with E-state index in [1.807, 2.05) is 0 Å². The minimum absolute atomic E-state index is 0.0725. The van der Waals surface area contributed by atoms with E-state index >= 15 is 0 Å². The third-order valence-electron chi connectivity index (χ3n) is 15.4. The number of carbonyl (C=O) groups is 2. The number of Topliss-reactive ketones (excluding diaryl/α,β-unsaturated/α-hetero) is 2. The molecule has 0 saturated carbocycles. The van der Waals surface area contributed by atoms with E-state index in [0.717, 1.165) is 26.2 Å². The predicted octanol–water partition coefficient (Wildman–Crippen LogP) is -5.15. The van der Waals surface area contributed by atoms with Crippen LogP contribution >= 0.6 is 0 Å². The van der Waals surface area contributed by atoms with Gasteiger partial charge in [0.2, 0.25) is 58.6 Å². The summed E-state index contributed by atoms with van der Waals surface area (Å²) in [5.41, 5.74) is -10.3. The van der Waals surface area contributed by atoms with Crippen molar-refractivity contribution in [2.75, 3.05) is 41.2 Å². The summed E-state index contributed by atoms with van der Waals surface area (Å²) < 4.78 is 25.5. The Hall–Kier alpha value is -7.06. The van der Waals surface area contributed by atoms with E-state index in [-0.39, 0.29) is 37.9 Å². The fourth-order valence-electron chi connectivity index (χ4n) is 11.0. The normalized spacial score (nSPS) is 22.6. The van der Waals surface area contributed by atoms with Crippen molar-refractivity contribution in [1.29, 1.82) is 0 Å². The van der Waals surface area contributed by atoms with E-state index in [9.17, 15) is 127 Å². The second-order valence-corrected chi connectivity index (χ2v) is 19.7. The molecule has 0 radical (unpaired) electrons. The SMILES string of the molecule is COc1c(O)c2c(c(O)c1OC)C(O)(O)C(CC1CCN(C(O)(O)c3c(O)c(O)c(OCOc4c(O)c5c(c(O)c4OC)C(O)(O)C(CC4(O)C(O)(O)C(O)(O)N(Cc6ccccc6)C(O)(O)C4(O)O)C5=O)c(O)c3O)CC1)C2=O. The number of methoxy groups -OCH3 is 3. The van der Waals surface area contributed by atoms with E-state index in [0.29, 0.717) is 0 Å². The van der Waals surface area contributed by atoms with Gasteiger partial charge in [-0.25, -0.2) is 4.90 Å². The zero-order valence-electron chi connectivity index (χ0n) is 41.8. The van der Waals surface area contributed by atoms with E-state index in [1.165, 1.54) is 30.3 Å². The van der Waals surface area contributed by atoms with Crippen LogP contribution in [0.25, 0.3) is 0 Å². The minimum atomic E-state index is -4.84. The average Bonchev–Trinajstić information content (AvgIpc) is 3.90. The van der Waals surface area contributed by atoms with Crippen molar-refractivity contribution in [3.63, 3.8) is 0 Å². The molecule has 4 aliphatic rings. The first kappa shape index (κ1) is 59.1. The van der Waals surface area contributed by atoms with Gasteiger partial charge >= 0.3 is 0 Å². The van der Waals surface area contributed by atoms with Crippen LogP contribution in [0.15, 0.2) is 30.3 Å². The molecule has 80 heavy (non-hydrogen) atoms. The second-order valence-electron chi connectivity index (χ2n) is 19.7. The zero-order valence-corrected chi connectivity index (χ0v) is 41.8. The van der Waals surface area contributed by atoms with Crippen LogP contribution in [0, 0.1) is 17.8 Å². The number of phenolic OH excluding ortho intramolecular Hbond substituents is 8. The molecule has 2 saturated heterocycles. The smallest absolute Gasteiger partial charge is 0.289 e. The van der Waals surface area contributed by atoms with Crippen LogP contribution in [0.4, 0.5) is 0 Å². The second kappa shape index (κ2) is 19.3. The summed E-state index contributed by atoms with van der Waals surface area (Å²) >= 11 is 0. The molecule has 2 aliphatic heterocycles. The van der Waals surface area contributed by atoms with E-state index in [1.54, 1.807) is 0 Å². The number of aliphatic hydroxyl groups is 15. The van der Waals surface area contributed by atoms with Gasteiger partial charge in [0.05, 0.1) is 55.4 Å². The van der Waals surface area contributed by atoms with Gasteiger partial charge in [-0.05, 0) is 30.7 Å². The Balaban J connectivity index is 1.00. The van der Waals surface area contributed by atoms with Gasteiger partial charge in [0, 0.05) is 26.1 Å². The van der Waals surface area contributed by atoms with Crippen molar-refractivity contribution < 1.29 is 151 Å². The van der Waals surface area contributed by atoms with Crippen LogP contribution in [0.1, 0.15) is 68.7 Å². The van der Waals surface area contributed by atoms with Crippen LogP contribution in [-0.2, 0) is 24.0 Å². The molecular weight excluding hydrogens is 1080 g/mol. The van der Waals surface area contributed by atoms with Crippen molar-refractivity contribution in [3.8, 4) is 74.7 Å². The highest BCUT2D eigenvalue weighted by atomic mass is 16.7. The van der Waals surface area contributed by atoms with Crippen molar-refractivity contribution in [3.05, 3.63) is 63.7 Å². The largest absolute Gasteiger partial charge is 0.504 e. The first-order valence-corrected chi connectivity index (χ1v) is 23.6. The fraction of sp³-hybridized carbons (Fsp3) is 0.458. The van der Waals surface area contributed by atoms with Crippen LogP contribution in [-0.4, -0.2) is 209 Å². The first-order valence-electron chi connectivity index (χ1n) is 23.6. The van der Waals surface area contributed by atoms with Gasteiger partial charge in [-0.3, -0.25) is 9.59 Å². The van der Waals surface area contributed by atoms with Gasteiger partial charge in [-0.15, -0.1) is 0 Å². The summed E-state index contributed by atoms with van der Waals surface area (Å²) in [4.78, 5) is 27.9. The molecule has 4 aromatic carbocycles. The Labute approximate surface area is 447 Å². The number of hydrogen-bond acceptors (Lipinski definition) is 32. The lowest BCUT2D eigenvalue weighted by Crippen LogP contribution is -2.93. The third kappa shape index (κ3) is 8.03. The maximum absolute atomic E-state index is 14.1. The van der Waals surface area contributed by atoms with Crippen molar-refractivity contribution in [2.24, 2.45) is 17.8 Å². The van der Waals surface area contributed by atoms with Crippen molar-refractivity contribution in [2.45, 2.75) is 78.7 Å². The number of carbonyl (C=O) groups excluding carboxylic acids is 2. The van der Waals surface area contributed by atoms with Crippen LogP contribution in [0.2, 0.25) is 0 Å². The average molecular weight is 1140 g/mol. The number of nitrogens with zero attached hydrogens (tertiary/aromatic N) is 2. The van der Waals surface area contributed by atoms with Gasteiger partial charge < -0.3 is 141 Å². The van der Waals surface area contributed by atoms with Crippen LogP contribution < -0.4 is 23.7 Å². The van der Waals surface area contributed by atoms with Gasteiger partial charge in [0.25, 0.3) is 29.3 Å². The summed E-state index contributed by atoms with van der Waals surface area (Å²) in [7, 11) is 2.94. The topological polar surface area (TPSA) is 552 Å². The summed E-state index contributed by atoms with van der Waals surface area (Å²) in [6.45, 7) is -3.33. The van der Waals surface area contributed by atoms with E-state index in [2.05, 4.69) is 0 Å². The number of hydrogen-bond donors (Lipinski definition) is 23. The fourth-order valence-corrected chi connectivity index (χ4v) is 11.0. The molecule has 2 unspecified atom stereocenters. The highest BCUT2D eigenvalue weighted by molar-refractivity contribution is 6.08. The lowest BCUT2D eigenvalue weighted by Gasteiger charge is -2.63. The van der Waals surface area contributed by atoms with E-state index in [4.69, 9.17) is 23.7 Å².